The molecule has 4 rings (SSSR count). The van der Waals surface area contributed by atoms with Crippen LogP contribution in [0.25, 0.3) is 11.0 Å². The summed E-state index contributed by atoms with van der Waals surface area (Å²) in [6, 6.07) is 11.5. The van der Waals surface area contributed by atoms with Crippen molar-refractivity contribution in [3.05, 3.63) is 54.4 Å². The van der Waals surface area contributed by atoms with Gasteiger partial charge in [-0.15, -0.1) is 0 Å². The topological polar surface area (TPSA) is 83.4 Å². The Balaban J connectivity index is 1.33. The molecule has 8 heteroatoms. The van der Waals surface area contributed by atoms with Crippen molar-refractivity contribution in [3.8, 4) is 0 Å². The summed E-state index contributed by atoms with van der Waals surface area (Å²) in [5.41, 5.74) is 2.15. The minimum Gasteiger partial charge on any atom is -0.336 e. The molecule has 1 N–H and O–H groups in total. The van der Waals surface area contributed by atoms with Crippen LogP contribution in [0.1, 0.15) is 30.2 Å². The summed E-state index contributed by atoms with van der Waals surface area (Å²) >= 11 is 0. The second kappa shape index (κ2) is 8.62. The normalized spacial score (nSPS) is 15.0. The molecule has 0 unspecified atom stereocenters. The number of rotatable bonds is 5. The molecule has 1 aromatic carbocycles. The summed E-state index contributed by atoms with van der Waals surface area (Å²) in [6.07, 6.45) is 3.38. The number of nitrogens with zero attached hydrogens (tertiary/aromatic N) is 5. The van der Waals surface area contributed by atoms with Crippen molar-refractivity contribution in [1.82, 2.24) is 24.6 Å². The smallest absolute Gasteiger partial charge is 0.255 e. The summed E-state index contributed by atoms with van der Waals surface area (Å²) in [7, 11) is 0. The SMILES string of the molecule is CC(C)n1ncc2cc(C(=O)N3CCN(CC(=O)Nc4ccccc4)CC3)cnc21. The van der Waals surface area contributed by atoms with E-state index in [1.54, 1.807) is 12.4 Å². The lowest BCUT2D eigenvalue weighted by Crippen LogP contribution is -2.50. The first-order chi connectivity index (χ1) is 14.5. The number of para-hydroxylation sites is 1. The van der Waals surface area contributed by atoms with Gasteiger partial charge in [0, 0.05) is 49.5 Å². The van der Waals surface area contributed by atoms with Gasteiger partial charge in [0.05, 0.1) is 18.3 Å². The molecule has 0 atom stereocenters. The van der Waals surface area contributed by atoms with Crippen LogP contribution in [0.4, 0.5) is 5.69 Å². The zero-order valence-electron chi connectivity index (χ0n) is 17.3. The summed E-state index contributed by atoms with van der Waals surface area (Å²) in [5, 5.41) is 8.12. The number of carbonyl (C=O) groups is 2. The standard InChI is InChI=1S/C22H26N6O2/c1-16(2)28-21-17(14-24-28)12-18(13-23-21)22(30)27-10-8-26(9-11-27)15-20(29)25-19-6-4-3-5-7-19/h3-7,12-14,16H,8-11,15H2,1-2H3,(H,25,29). The van der Waals surface area contributed by atoms with E-state index < -0.39 is 0 Å². The number of pyridine rings is 1. The molecule has 2 amide bonds. The maximum Gasteiger partial charge on any atom is 0.255 e. The number of hydrogen-bond donors (Lipinski definition) is 1. The second-order valence-corrected chi connectivity index (χ2v) is 7.80. The third-order valence-corrected chi connectivity index (χ3v) is 5.25. The van der Waals surface area contributed by atoms with Gasteiger partial charge in [0.25, 0.3) is 5.91 Å². The van der Waals surface area contributed by atoms with Gasteiger partial charge in [-0.05, 0) is 32.0 Å². The number of aromatic nitrogens is 3. The van der Waals surface area contributed by atoms with Crippen LogP contribution >= 0.6 is 0 Å². The van der Waals surface area contributed by atoms with Gasteiger partial charge < -0.3 is 10.2 Å². The Kier molecular flexibility index (Phi) is 5.76. The van der Waals surface area contributed by atoms with Crippen LogP contribution in [0.5, 0.6) is 0 Å². The number of fused-ring (bicyclic) bond motifs is 1. The molecule has 1 aliphatic rings. The minimum absolute atomic E-state index is 0.0323. The van der Waals surface area contributed by atoms with Gasteiger partial charge in [-0.3, -0.25) is 14.5 Å². The fraction of sp³-hybridized carbons (Fsp3) is 0.364. The molecule has 0 saturated carbocycles. The molecule has 3 aromatic rings. The predicted octanol–water partition coefficient (Wildman–Crippen LogP) is 2.41. The van der Waals surface area contributed by atoms with Crippen molar-refractivity contribution in [2.24, 2.45) is 0 Å². The molecule has 1 fully saturated rings. The Bertz CT molecular complexity index is 1040. The largest absolute Gasteiger partial charge is 0.336 e. The van der Waals surface area contributed by atoms with E-state index in [9.17, 15) is 9.59 Å². The zero-order chi connectivity index (χ0) is 21.1. The molecular formula is C22H26N6O2. The minimum atomic E-state index is -0.0437. The van der Waals surface area contributed by atoms with E-state index in [4.69, 9.17) is 0 Å². The highest BCUT2D eigenvalue weighted by molar-refractivity contribution is 5.97. The maximum absolute atomic E-state index is 12.9. The molecule has 30 heavy (non-hydrogen) atoms. The Morgan fingerprint density at radius 1 is 1.07 bits per heavy atom. The van der Waals surface area contributed by atoms with E-state index >= 15 is 0 Å². The Hall–Kier alpha value is -3.26. The van der Waals surface area contributed by atoms with Crippen LogP contribution in [-0.2, 0) is 4.79 Å². The van der Waals surface area contributed by atoms with Crippen molar-refractivity contribution in [2.75, 3.05) is 38.0 Å². The van der Waals surface area contributed by atoms with Crippen molar-refractivity contribution in [2.45, 2.75) is 19.9 Å². The van der Waals surface area contributed by atoms with E-state index in [2.05, 4.69) is 20.3 Å². The first-order valence-corrected chi connectivity index (χ1v) is 10.2. The summed E-state index contributed by atoms with van der Waals surface area (Å²) in [6.45, 7) is 6.91. The quantitative estimate of drug-likeness (QED) is 0.704. The van der Waals surface area contributed by atoms with E-state index in [1.807, 2.05) is 59.8 Å². The average Bonchev–Trinajstić information content (AvgIpc) is 3.18. The van der Waals surface area contributed by atoms with Gasteiger partial charge in [-0.2, -0.15) is 5.10 Å². The highest BCUT2D eigenvalue weighted by Crippen LogP contribution is 2.18. The third-order valence-electron chi connectivity index (χ3n) is 5.25. The predicted molar refractivity (Wildman–Crippen MR) is 115 cm³/mol. The molecule has 0 spiro atoms. The Morgan fingerprint density at radius 2 is 1.80 bits per heavy atom. The van der Waals surface area contributed by atoms with E-state index in [0.717, 1.165) is 16.7 Å². The summed E-state index contributed by atoms with van der Waals surface area (Å²) in [4.78, 5) is 33.5. The molecule has 2 aromatic heterocycles. The van der Waals surface area contributed by atoms with Crippen molar-refractivity contribution in [1.29, 1.82) is 0 Å². The molecule has 3 heterocycles. The lowest BCUT2D eigenvalue weighted by molar-refractivity contribution is -0.117. The summed E-state index contributed by atoms with van der Waals surface area (Å²) < 4.78 is 1.85. The van der Waals surface area contributed by atoms with Gasteiger partial charge >= 0.3 is 0 Å². The molecule has 0 radical (unpaired) electrons. The van der Waals surface area contributed by atoms with Gasteiger partial charge in [0.1, 0.15) is 0 Å². The van der Waals surface area contributed by atoms with Crippen molar-refractivity contribution in [3.63, 3.8) is 0 Å². The van der Waals surface area contributed by atoms with Gasteiger partial charge in [-0.1, -0.05) is 18.2 Å². The molecule has 1 saturated heterocycles. The van der Waals surface area contributed by atoms with E-state index in [0.29, 0.717) is 38.3 Å². The first kappa shape index (κ1) is 20.0. The Labute approximate surface area is 175 Å². The van der Waals surface area contributed by atoms with Crippen LogP contribution in [0.2, 0.25) is 0 Å². The van der Waals surface area contributed by atoms with E-state index in [-0.39, 0.29) is 17.9 Å². The number of amides is 2. The number of hydrogen-bond acceptors (Lipinski definition) is 5. The van der Waals surface area contributed by atoms with Crippen LogP contribution < -0.4 is 5.32 Å². The average molecular weight is 406 g/mol. The highest BCUT2D eigenvalue weighted by Gasteiger charge is 2.24. The fourth-order valence-corrected chi connectivity index (χ4v) is 3.65. The molecule has 0 bridgehead atoms. The number of anilines is 1. The van der Waals surface area contributed by atoms with Crippen molar-refractivity contribution >= 4 is 28.5 Å². The van der Waals surface area contributed by atoms with Gasteiger partial charge in [0.15, 0.2) is 5.65 Å². The molecule has 156 valence electrons. The van der Waals surface area contributed by atoms with Gasteiger partial charge in [-0.25, -0.2) is 9.67 Å². The van der Waals surface area contributed by atoms with Crippen LogP contribution in [0.3, 0.4) is 0 Å². The van der Waals surface area contributed by atoms with Crippen molar-refractivity contribution < 1.29 is 9.59 Å². The molecule has 8 nitrogen and oxygen atoms in total. The first-order valence-electron chi connectivity index (χ1n) is 10.2. The second-order valence-electron chi connectivity index (χ2n) is 7.80. The van der Waals surface area contributed by atoms with Crippen LogP contribution in [-0.4, -0.2) is 69.1 Å². The molecule has 1 aliphatic heterocycles. The number of piperazine rings is 1. The number of benzene rings is 1. The Morgan fingerprint density at radius 3 is 2.50 bits per heavy atom. The lowest BCUT2D eigenvalue weighted by atomic mass is 10.2. The maximum atomic E-state index is 12.9. The lowest BCUT2D eigenvalue weighted by Gasteiger charge is -2.34. The fourth-order valence-electron chi connectivity index (χ4n) is 3.65. The van der Waals surface area contributed by atoms with Crippen LogP contribution in [0.15, 0.2) is 48.8 Å². The summed E-state index contributed by atoms with van der Waals surface area (Å²) in [5.74, 6) is -0.0760. The number of nitrogens with one attached hydrogen (secondary N) is 1. The molecule has 0 aliphatic carbocycles. The van der Waals surface area contributed by atoms with Gasteiger partial charge in [0.2, 0.25) is 5.91 Å². The monoisotopic (exact) mass is 406 g/mol. The highest BCUT2D eigenvalue weighted by atomic mass is 16.2. The van der Waals surface area contributed by atoms with E-state index in [1.165, 1.54) is 0 Å². The molecular weight excluding hydrogens is 380 g/mol. The van der Waals surface area contributed by atoms with Crippen LogP contribution in [0, 0.1) is 0 Å². The number of carbonyl (C=O) groups excluding carboxylic acids is 2. The third kappa shape index (κ3) is 4.33. The zero-order valence-corrected chi connectivity index (χ0v) is 17.3.